The van der Waals surface area contributed by atoms with Crippen LogP contribution in [0.25, 0.3) is 16.3 Å². The molecule has 1 aromatic heterocycles. The molecular formula is C23H14BrClFN3OS. The first-order valence-electron chi connectivity index (χ1n) is 9.12. The average molecular weight is 515 g/mol. The minimum atomic E-state index is -0.392. The summed E-state index contributed by atoms with van der Waals surface area (Å²) in [6.07, 6.45) is 4.52. The Morgan fingerprint density at radius 3 is 2.68 bits per heavy atom. The Kier molecular flexibility index (Phi) is 6.56. The van der Waals surface area contributed by atoms with Crippen LogP contribution in [-0.2, 0) is 4.79 Å². The van der Waals surface area contributed by atoms with E-state index in [1.807, 2.05) is 36.4 Å². The lowest BCUT2D eigenvalue weighted by molar-refractivity contribution is -0.114. The van der Waals surface area contributed by atoms with Crippen LogP contribution in [0.1, 0.15) is 11.1 Å². The molecule has 0 fully saturated rings. The van der Waals surface area contributed by atoms with Crippen molar-refractivity contribution in [1.82, 2.24) is 4.98 Å². The third kappa shape index (κ3) is 5.25. The summed E-state index contributed by atoms with van der Waals surface area (Å²) in [5.74, 6) is -0.735. The molecule has 0 N–H and O–H groups in total. The molecule has 0 saturated heterocycles. The van der Waals surface area contributed by atoms with Crippen molar-refractivity contribution in [3.8, 4) is 0 Å². The molecule has 0 saturated carbocycles. The van der Waals surface area contributed by atoms with Gasteiger partial charge in [0.15, 0.2) is 0 Å². The minimum Gasteiger partial charge on any atom is -0.267 e. The molecule has 0 aliphatic heterocycles. The number of benzene rings is 3. The van der Waals surface area contributed by atoms with E-state index in [2.05, 4.69) is 26.0 Å². The van der Waals surface area contributed by atoms with Crippen molar-refractivity contribution in [3.63, 3.8) is 0 Å². The minimum absolute atomic E-state index is 0.343. The summed E-state index contributed by atoms with van der Waals surface area (Å²) in [4.78, 5) is 17.6. The van der Waals surface area contributed by atoms with E-state index in [-0.39, 0.29) is 5.82 Å². The average Bonchev–Trinajstić information content (AvgIpc) is 3.17. The smallest absolute Gasteiger partial charge is 0.267 e. The third-order valence-corrected chi connectivity index (χ3v) is 6.06. The number of hydrogen-bond donors (Lipinski definition) is 0. The number of fused-ring (bicyclic) bond motifs is 1. The molecule has 8 heteroatoms. The van der Waals surface area contributed by atoms with Crippen LogP contribution in [0.15, 0.2) is 82.4 Å². The Bertz CT molecular complexity index is 1300. The van der Waals surface area contributed by atoms with E-state index in [1.54, 1.807) is 24.3 Å². The number of hydrogen-bond acceptors (Lipinski definition) is 4. The molecule has 1 amide bonds. The summed E-state index contributed by atoms with van der Waals surface area (Å²) in [6, 6.07) is 18.7. The monoisotopic (exact) mass is 513 g/mol. The van der Waals surface area contributed by atoms with E-state index >= 15 is 0 Å². The van der Waals surface area contributed by atoms with E-state index in [1.165, 1.54) is 40.8 Å². The lowest BCUT2D eigenvalue weighted by Crippen LogP contribution is -2.23. The number of anilines is 1. The molecule has 0 radical (unpaired) electrons. The second-order valence-electron chi connectivity index (χ2n) is 6.41. The Hall–Kier alpha value is -2.87. The second kappa shape index (κ2) is 9.51. The van der Waals surface area contributed by atoms with Crippen LogP contribution in [0.5, 0.6) is 0 Å². The predicted molar refractivity (Wildman–Crippen MR) is 129 cm³/mol. The molecule has 31 heavy (non-hydrogen) atoms. The van der Waals surface area contributed by atoms with Gasteiger partial charge in [-0.15, -0.1) is 0 Å². The standard InChI is InChI=1S/C23H14BrClFN3OS/c24-17-8-11-20-21(13-17)31-23(28-20)29(27-14-15-5-9-18(26)10-6-15)22(30)12-7-16-3-1-2-4-19(16)25/h1-14H/b12-7+,27-14+. The molecule has 1 heterocycles. The first-order chi connectivity index (χ1) is 15.0. The number of hydrazone groups is 1. The second-order valence-corrected chi connectivity index (χ2v) is 8.74. The normalized spacial score (nSPS) is 11.6. The molecule has 3 aromatic carbocycles. The van der Waals surface area contributed by atoms with Crippen LogP contribution in [0, 0.1) is 5.82 Å². The number of amides is 1. The van der Waals surface area contributed by atoms with Crippen molar-refractivity contribution in [1.29, 1.82) is 0 Å². The summed E-state index contributed by atoms with van der Waals surface area (Å²) in [6.45, 7) is 0. The van der Waals surface area contributed by atoms with Crippen LogP contribution in [0.4, 0.5) is 9.52 Å². The van der Waals surface area contributed by atoms with Gasteiger partial charge in [-0.3, -0.25) is 4.79 Å². The Labute approximate surface area is 195 Å². The molecule has 0 spiro atoms. The molecular weight excluding hydrogens is 501 g/mol. The number of rotatable bonds is 5. The van der Waals surface area contributed by atoms with Gasteiger partial charge in [-0.05, 0) is 53.6 Å². The van der Waals surface area contributed by atoms with Crippen LogP contribution in [0.3, 0.4) is 0 Å². The summed E-state index contributed by atoms with van der Waals surface area (Å²) >= 11 is 11.0. The highest BCUT2D eigenvalue weighted by atomic mass is 79.9. The highest BCUT2D eigenvalue weighted by molar-refractivity contribution is 9.10. The summed E-state index contributed by atoms with van der Waals surface area (Å²) in [5, 5.41) is 6.51. The predicted octanol–water partition coefficient (Wildman–Crippen LogP) is 6.93. The van der Waals surface area contributed by atoms with E-state index in [0.29, 0.717) is 21.3 Å². The van der Waals surface area contributed by atoms with Gasteiger partial charge in [-0.25, -0.2) is 9.37 Å². The van der Waals surface area contributed by atoms with Gasteiger partial charge >= 0.3 is 0 Å². The van der Waals surface area contributed by atoms with E-state index in [4.69, 9.17) is 11.6 Å². The van der Waals surface area contributed by atoms with Crippen LogP contribution in [0.2, 0.25) is 5.02 Å². The van der Waals surface area contributed by atoms with Crippen molar-refractivity contribution in [3.05, 3.63) is 99.2 Å². The summed E-state index contributed by atoms with van der Waals surface area (Å²) in [7, 11) is 0. The molecule has 0 unspecified atom stereocenters. The summed E-state index contributed by atoms with van der Waals surface area (Å²) in [5.41, 5.74) is 2.12. The molecule has 4 nitrogen and oxygen atoms in total. The van der Waals surface area contributed by atoms with Crippen molar-refractivity contribution in [2.75, 3.05) is 5.01 Å². The fourth-order valence-corrected chi connectivity index (χ4v) is 4.37. The fraction of sp³-hybridized carbons (Fsp3) is 0. The van der Waals surface area contributed by atoms with Crippen LogP contribution >= 0.6 is 38.9 Å². The Morgan fingerprint density at radius 2 is 1.90 bits per heavy atom. The van der Waals surface area contributed by atoms with Crippen LogP contribution < -0.4 is 5.01 Å². The zero-order chi connectivity index (χ0) is 21.8. The zero-order valence-corrected chi connectivity index (χ0v) is 19.0. The number of halogens is 3. The molecule has 4 aromatic rings. The zero-order valence-electron chi connectivity index (χ0n) is 15.9. The largest absolute Gasteiger partial charge is 0.273 e. The lowest BCUT2D eigenvalue weighted by Gasteiger charge is -2.11. The molecule has 4 rings (SSSR count). The lowest BCUT2D eigenvalue weighted by atomic mass is 10.2. The molecule has 154 valence electrons. The van der Waals surface area contributed by atoms with Gasteiger partial charge < -0.3 is 0 Å². The first kappa shape index (κ1) is 21.4. The number of nitrogens with zero attached hydrogens (tertiary/aromatic N) is 3. The number of carbonyl (C=O) groups is 1. The molecule has 0 atom stereocenters. The highest BCUT2D eigenvalue weighted by Gasteiger charge is 2.17. The van der Waals surface area contributed by atoms with Gasteiger partial charge in [0, 0.05) is 15.6 Å². The summed E-state index contributed by atoms with van der Waals surface area (Å²) < 4.78 is 15.0. The molecule has 0 aliphatic carbocycles. The first-order valence-corrected chi connectivity index (χ1v) is 11.1. The maximum atomic E-state index is 13.2. The van der Waals surface area contributed by atoms with E-state index in [9.17, 15) is 9.18 Å². The fourth-order valence-electron chi connectivity index (χ4n) is 2.69. The number of aromatic nitrogens is 1. The number of thiazole rings is 1. The van der Waals surface area contributed by atoms with Crippen LogP contribution in [-0.4, -0.2) is 17.1 Å². The van der Waals surface area contributed by atoms with E-state index in [0.717, 1.165) is 14.7 Å². The Balaban J connectivity index is 1.69. The maximum Gasteiger partial charge on any atom is 0.273 e. The van der Waals surface area contributed by atoms with Gasteiger partial charge in [0.25, 0.3) is 5.91 Å². The molecule has 0 aliphatic rings. The van der Waals surface area contributed by atoms with Gasteiger partial charge in [-0.1, -0.05) is 69.2 Å². The third-order valence-electron chi connectivity index (χ3n) is 4.23. The quantitative estimate of drug-likeness (QED) is 0.165. The maximum absolute atomic E-state index is 13.2. The Morgan fingerprint density at radius 1 is 1.13 bits per heavy atom. The van der Waals surface area contributed by atoms with Gasteiger partial charge in [0.05, 0.1) is 16.4 Å². The topological polar surface area (TPSA) is 45.6 Å². The SMILES string of the molecule is O=C(/C=C/c1ccccc1Cl)N(/N=C/c1ccc(F)cc1)c1nc2ccc(Br)cc2s1. The highest BCUT2D eigenvalue weighted by Crippen LogP contribution is 2.31. The van der Waals surface area contributed by atoms with Gasteiger partial charge in [0.2, 0.25) is 5.13 Å². The number of carbonyl (C=O) groups excluding carboxylic acids is 1. The van der Waals surface area contributed by atoms with Crippen molar-refractivity contribution in [2.24, 2.45) is 5.10 Å². The van der Waals surface area contributed by atoms with Gasteiger partial charge in [0.1, 0.15) is 5.82 Å². The van der Waals surface area contributed by atoms with Crippen molar-refractivity contribution < 1.29 is 9.18 Å². The van der Waals surface area contributed by atoms with Crippen molar-refractivity contribution in [2.45, 2.75) is 0 Å². The van der Waals surface area contributed by atoms with E-state index < -0.39 is 5.91 Å². The van der Waals surface area contributed by atoms with Crippen molar-refractivity contribution >= 4 is 72.4 Å². The molecule has 0 bridgehead atoms. The van der Waals surface area contributed by atoms with Gasteiger partial charge in [-0.2, -0.15) is 10.1 Å².